The van der Waals surface area contributed by atoms with Gasteiger partial charge in [-0.3, -0.25) is 0 Å². The number of carbonyl (C=O) groups is 1. The van der Waals surface area contributed by atoms with Gasteiger partial charge in [0.05, 0.1) is 6.61 Å². The van der Waals surface area contributed by atoms with Gasteiger partial charge in [0.2, 0.25) is 0 Å². The number of aromatic nitrogens is 4. The van der Waals surface area contributed by atoms with E-state index in [2.05, 4.69) is 15.5 Å². The first-order valence-corrected chi connectivity index (χ1v) is 5.91. The van der Waals surface area contributed by atoms with E-state index < -0.39 is 5.97 Å². The predicted molar refractivity (Wildman–Crippen MR) is 69.8 cm³/mol. The first kappa shape index (κ1) is 12.9. The zero-order valence-corrected chi connectivity index (χ0v) is 10.8. The summed E-state index contributed by atoms with van der Waals surface area (Å²) in [5.41, 5.74) is 1.16. The molecule has 0 amide bonds. The van der Waals surface area contributed by atoms with Crippen LogP contribution in [0.25, 0.3) is 11.8 Å². The third kappa shape index (κ3) is 3.04. The van der Waals surface area contributed by atoms with E-state index in [4.69, 9.17) is 4.74 Å². The highest BCUT2D eigenvalue weighted by Gasteiger charge is 2.16. The summed E-state index contributed by atoms with van der Waals surface area (Å²) in [5.74, 6) is 0.0667. The molecule has 0 aliphatic rings. The molecule has 0 N–H and O–H groups in total. The topological polar surface area (TPSA) is 69.9 Å². The van der Waals surface area contributed by atoms with Gasteiger partial charge < -0.3 is 4.74 Å². The highest BCUT2D eigenvalue weighted by Crippen LogP contribution is 2.13. The fraction of sp³-hybridized carbons (Fsp3) is 0.231. The third-order valence-corrected chi connectivity index (χ3v) is 2.44. The van der Waals surface area contributed by atoms with Crippen molar-refractivity contribution >= 4 is 17.7 Å². The molecular formula is C13H14N4O2. The van der Waals surface area contributed by atoms with Gasteiger partial charge in [-0.05, 0) is 35.9 Å². The standard InChI is InChI=1S/C13H14N4O2/c1-3-19-13(18)12(17-10(2)14-15-16-17)9-11-7-5-4-6-8-11/h4-9H,3H2,1-2H3. The maximum atomic E-state index is 12.0. The molecule has 0 atom stereocenters. The number of hydrogen-bond donors (Lipinski definition) is 0. The molecule has 2 rings (SSSR count). The second kappa shape index (κ2) is 5.90. The van der Waals surface area contributed by atoms with E-state index in [9.17, 15) is 4.79 Å². The number of tetrazole rings is 1. The third-order valence-electron chi connectivity index (χ3n) is 2.44. The molecule has 0 spiro atoms. The Labute approximate surface area is 110 Å². The van der Waals surface area contributed by atoms with Crippen LogP contribution >= 0.6 is 0 Å². The van der Waals surface area contributed by atoms with Gasteiger partial charge in [-0.15, -0.1) is 5.10 Å². The Morgan fingerprint density at radius 1 is 1.37 bits per heavy atom. The van der Waals surface area contributed by atoms with Crippen LogP contribution < -0.4 is 0 Å². The Hall–Kier alpha value is -2.50. The number of nitrogens with zero attached hydrogens (tertiary/aromatic N) is 4. The Kier molecular flexibility index (Phi) is 4.02. The van der Waals surface area contributed by atoms with Gasteiger partial charge in [-0.2, -0.15) is 4.68 Å². The van der Waals surface area contributed by atoms with E-state index in [-0.39, 0.29) is 5.70 Å². The summed E-state index contributed by atoms with van der Waals surface area (Å²) in [7, 11) is 0. The fourth-order valence-electron chi connectivity index (χ4n) is 1.57. The zero-order valence-electron chi connectivity index (χ0n) is 10.8. The highest BCUT2D eigenvalue weighted by atomic mass is 16.5. The van der Waals surface area contributed by atoms with E-state index in [1.54, 1.807) is 19.9 Å². The summed E-state index contributed by atoms with van der Waals surface area (Å²) in [5, 5.41) is 11.1. The average molecular weight is 258 g/mol. The van der Waals surface area contributed by atoms with E-state index in [0.29, 0.717) is 12.4 Å². The van der Waals surface area contributed by atoms with Crippen LogP contribution in [0.4, 0.5) is 0 Å². The lowest BCUT2D eigenvalue weighted by Gasteiger charge is -2.07. The van der Waals surface area contributed by atoms with Crippen LogP contribution in [0.5, 0.6) is 0 Å². The lowest BCUT2D eigenvalue weighted by atomic mass is 10.2. The Balaban J connectivity index is 2.43. The SMILES string of the molecule is CCOC(=O)C(=Cc1ccccc1)n1nnnc1C. The Bertz CT molecular complexity index is 590. The van der Waals surface area contributed by atoms with Gasteiger partial charge in [-0.25, -0.2) is 4.79 Å². The zero-order chi connectivity index (χ0) is 13.7. The first-order chi connectivity index (χ1) is 9.22. The second-order valence-corrected chi connectivity index (χ2v) is 3.80. The number of carbonyl (C=O) groups excluding carboxylic acids is 1. The van der Waals surface area contributed by atoms with Crippen molar-refractivity contribution in [3.05, 3.63) is 41.7 Å². The number of ether oxygens (including phenoxy) is 1. The van der Waals surface area contributed by atoms with Crippen molar-refractivity contribution in [1.29, 1.82) is 0 Å². The van der Waals surface area contributed by atoms with Crippen LogP contribution in [0.3, 0.4) is 0 Å². The minimum atomic E-state index is -0.457. The van der Waals surface area contributed by atoms with E-state index in [1.165, 1.54) is 4.68 Å². The molecule has 19 heavy (non-hydrogen) atoms. The van der Waals surface area contributed by atoms with Gasteiger partial charge in [0.1, 0.15) is 0 Å². The second-order valence-electron chi connectivity index (χ2n) is 3.80. The fourth-order valence-corrected chi connectivity index (χ4v) is 1.57. The van der Waals surface area contributed by atoms with E-state index in [0.717, 1.165) is 5.56 Å². The molecule has 0 bridgehead atoms. The summed E-state index contributed by atoms with van der Waals surface area (Å²) in [6.45, 7) is 3.77. The minimum absolute atomic E-state index is 0.288. The van der Waals surface area contributed by atoms with Crippen LogP contribution in [0, 0.1) is 6.92 Å². The molecule has 1 heterocycles. The molecule has 0 saturated heterocycles. The average Bonchev–Trinajstić information content (AvgIpc) is 2.83. The molecule has 0 unspecified atom stereocenters. The van der Waals surface area contributed by atoms with Crippen molar-refractivity contribution in [2.75, 3.05) is 6.61 Å². The van der Waals surface area contributed by atoms with Crippen molar-refractivity contribution in [2.45, 2.75) is 13.8 Å². The Morgan fingerprint density at radius 3 is 2.68 bits per heavy atom. The van der Waals surface area contributed by atoms with Crippen LogP contribution in [0.15, 0.2) is 30.3 Å². The molecule has 0 aliphatic carbocycles. The Morgan fingerprint density at radius 2 is 2.11 bits per heavy atom. The smallest absolute Gasteiger partial charge is 0.357 e. The molecule has 98 valence electrons. The van der Waals surface area contributed by atoms with Gasteiger partial charge in [0.15, 0.2) is 11.5 Å². The van der Waals surface area contributed by atoms with Crippen LogP contribution in [-0.2, 0) is 9.53 Å². The number of rotatable bonds is 4. The largest absolute Gasteiger partial charge is 0.461 e. The number of hydrogen-bond acceptors (Lipinski definition) is 5. The molecule has 2 aromatic rings. The van der Waals surface area contributed by atoms with Gasteiger partial charge >= 0.3 is 5.97 Å². The van der Waals surface area contributed by atoms with Crippen molar-refractivity contribution < 1.29 is 9.53 Å². The summed E-state index contributed by atoms with van der Waals surface area (Å²) < 4.78 is 6.40. The summed E-state index contributed by atoms with van der Waals surface area (Å²) in [6, 6.07) is 9.46. The quantitative estimate of drug-likeness (QED) is 0.614. The lowest BCUT2D eigenvalue weighted by molar-refractivity contribution is -0.136. The maximum Gasteiger partial charge on any atom is 0.357 e. The van der Waals surface area contributed by atoms with Crippen molar-refractivity contribution in [1.82, 2.24) is 20.2 Å². The minimum Gasteiger partial charge on any atom is -0.461 e. The molecular weight excluding hydrogens is 244 g/mol. The van der Waals surface area contributed by atoms with E-state index >= 15 is 0 Å². The molecule has 0 aliphatic heterocycles. The number of benzene rings is 1. The normalized spacial score (nSPS) is 11.4. The predicted octanol–water partition coefficient (Wildman–Crippen LogP) is 1.54. The van der Waals surface area contributed by atoms with Crippen molar-refractivity contribution in [3.8, 4) is 0 Å². The van der Waals surface area contributed by atoms with Crippen LogP contribution in [0.2, 0.25) is 0 Å². The molecule has 0 saturated carbocycles. The van der Waals surface area contributed by atoms with Crippen LogP contribution in [0.1, 0.15) is 18.3 Å². The van der Waals surface area contributed by atoms with Crippen molar-refractivity contribution in [2.24, 2.45) is 0 Å². The summed E-state index contributed by atoms with van der Waals surface area (Å²) >= 11 is 0. The van der Waals surface area contributed by atoms with Crippen LogP contribution in [-0.4, -0.2) is 32.8 Å². The molecule has 6 heteroatoms. The summed E-state index contributed by atoms with van der Waals surface area (Å²) in [4.78, 5) is 12.0. The molecule has 0 radical (unpaired) electrons. The van der Waals surface area contributed by atoms with Gasteiger partial charge in [-0.1, -0.05) is 30.3 Å². The van der Waals surface area contributed by atoms with Gasteiger partial charge in [0, 0.05) is 0 Å². The molecule has 1 aromatic heterocycles. The van der Waals surface area contributed by atoms with Gasteiger partial charge in [0.25, 0.3) is 0 Å². The first-order valence-electron chi connectivity index (χ1n) is 5.91. The van der Waals surface area contributed by atoms with Crippen molar-refractivity contribution in [3.63, 3.8) is 0 Å². The summed E-state index contributed by atoms with van der Waals surface area (Å²) in [6.07, 6.45) is 1.70. The monoisotopic (exact) mass is 258 g/mol. The molecule has 1 aromatic carbocycles. The lowest BCUT2D eigenvalue weighted by Crippen LogP contribution is -2.14. The maximum absolute atomic E-state index is 12.0. The molecule has 0 fully saturated rings. The highest BCUT2D eigenvalue weighted by molar-refractivity contribution is 6.15. The number of aryl methyl sites for hydroxylation is 1. The molecule has 6 nitrogen and oxygen atoms in total. The van der Waals surface area contributed by atoms with E-state index in [1.807, 2.05) is 30.3 Å². The number of esters is 1.